The molecule has 194 valence electrons. The molecule has 0 spiro atoms. The van der Waals surface area contributed by atoms with Crippen LogP contribution >= 0.6 is 0 Å². The van der Waals surface area contributed by atoms with Gasteiger partial charge in [0, 0.05) is 0 Å². The van der Waals surface area contributed by atoms with Gasteiger partial charge in [0.15, 0.2) is 0 Å². The Bertz CT molecular complexity index is 917. The molecule has 9 saturated carbocycles. The highest BCUT2D eigenvalue weighted by molar-refractivity contribution is 6.79. The summed E-state index contributed by atoms with van der Waals surface area (Å²) in [5, 5.41) is 0.583. The van der Waals surface area contributed by atoms with E-state index in [1.54, 1.807) is 12.8 Å². The molecular formula is C33H58Si. The molecule has 0 aromatic heterocycles. The van der Waals surface area contributed by atoms with Crippen LogP contribution in [0.5, 0.6) is 0 Å². The molecule has 9 unspecified atom stereocenters. The van der Waals surface area contributed by atoms with Gasteiger partial charge in [-0.2, -0.15) is 0 Å². The van der Waals surface area contributed by atoms with Gasteiger partial charge >= 0.3 is 0 Å². The molecule has 0 amide bonds. The maximum absolute atomic E-state index is 2.92. The standard InChI is InChI=1S/C33H58Si/c1-26(2)22-13-16-29(7,25(26)19-22)30(8)17-14-23-20-32(30,27(23,3)4)31(9)18-15-24-21-33(31,28(24,5)6)34(10,11)12/h22-25H,13-21H2,1-12H3. The summed E-state index contributed by atoms with van der Waals surface area (Å²) in [5.41, 5.74) is 3.50. The monoisotopic (exact) mass is 482 g/mol. The van der Waals surface area contributed by atoms with Crippen LogP contribution in [0.25, 0.3) is 0 Å². The quantitative estimate of drug-likeness (QED) is 0.351. The molecule has 0 saturated heterocycles. The largest absolute Gasteiger partial charge is 0.0691 e. The van der Waals surface area contributed by atoms with Crippen molar-refractivity contribution in [3.05, 3.63) is 0 Å². The van der Waals surface area contributed by atoms with Gasteiger partial charge in [-0.3, -0.25) is 0 Å². The van der Waals surface area contributed by atoms with E-state index in [4.69, 9.17) is 0 Å². The molecule has 9 aliphatic rings. The number of hydrogen-bond donors (Lipinski definition) is 0. The van der Waals surface area contributed by atoms with Gasteiger partial charge in [-0.05, 0) is 124 Å². The molecule has 0 aliphatic heterocycles. The second kappa shape index (κ2) is 6.09. The van der Waals surface area contributed by atoms with E-state index in [2.05, 4.69) is 82.0 Å². The fourth-order valence-electron chi connectivity index (χ4n) is 15.3. The Balaban J connectivity index is 1.59. The molecule has 0 heterocycles. The highest BCUT2D eigenvalue weighted by Gasteiger charge is 2.87. The lowest BCUT2D eigenvalue weighted by Crippen LogP contribution is -2.83. The van der Waals surface area contributed by atoms with E-state index in [-0.39, 0.29) is 0 Å². The van der Waals surface area contributed by atoms with Crippen molar-refractivity contribution in [1.82, 2.24) is 0 Å². The predicted molar refractivity (Wildman–Crippen MR) is 150 cm³/mol. The van der Waals surface area contributed by atoms with Gasteiger partial charge in [-0.1, -0.05) is 82.0 Å². The molecule has 0 radical (unpaired) electrons. The lowest BCUT2D eigenvalue weighted by Gasteiger charge is -2.90. The summed E-state index contributed by atoms with van der Waals surface area (Å²) >= 11 is 0. The van der Waals surface area contributed by atoms with Crippen LogP contribution in [-0.4, -0.2) is 8.07 Å². The summed E-state index contributed by atoms with van der Waals surface area (Å²) in [4.78, 5) is 0. The van der Waals surface area contributed by atoms with Crippen LogP contribution in [0.2, 0.25) is 24.7 Å². The van der Waals surface area contributed by atoms with Crippen LogP contribution in [-0.2, 0) is 0 Å². The second-order valence-corrected chi connectivity index (χ2v) is 23.7. The van der Waals surface area contributed by atoms with Gasteiger partial charge < -0.3 is 0 Å². The van der Waals surface area contributed by atoms with Crippen molar-refractivity contribution in [2.75, 3.05) is 0 Å². The first-order valence-corrected chi connectivity index (χ1v) is 18.8. The van der Waals surface area contributed by atoms with E-state index >= 15 is 0 Å². The SMILES string of the molecule is CC1(C)C2CCC(C)(C3(C)CCC4CC3(C3(C)CCC5CC3([Si](C)(C)C)C5(C)C)C4(C)C)C1C2. The van der Waals surface area contributed by atoms with E-state index in [1.165, 1.54) is 44.9 Å². The van der Waals surface area contributed by atoms with Crippen molar-refractivity contribution in [2.24, 2.45) is 61.6 Å². The van der Waals surface area contributed by atoms with Gasteiger partial charge in [0.2, 0.25) is 0 Å². The number of rotatable bonds is 3. The molecular weight excluding hydrogens is 424 g/mol. The first-order chi connectivity index (χ1) is 15.3. The van der Waals surface area contributed by atoms with Crippen LogP contribution in [0.1, 0.15) is 120 Å². The van der Waals surface area contributed by atoms with Crippen molar-refractivity contribution in [3.63, 3.8) is 0 Å². The van der Waals surface area contributed by atoms with Gasteiger partial charge in [-0.15, -0.1) is 0 Å². The maximum Gasteiger partial charge on any atom is 0.0519 e. The molecule has 0 aromatic rings. The Morgan fingerprint density at radius 3 is 1.59 bits per heavy atom. The zero-order chi connectivity index (χ0) is 25.2. The third-order valence-electron chi connectivity index (χ3n) is 17.0. The van der Waals surface area contributed by atoms with Crippen LogP contribution in [0.15, 0.2) is 0 Å². The molecule has 9 rings (SSSR count). The van der Waals surface area contributed by atoms with Crippen molar-refractivity contribution in [1.29, 1.82) is 0 Å². The van der Waals surface area contributed by atoms with Gasteiger partial charge in [-0.25, -0.2) is 0 Å². The Kier molecular flexibility index (Phi) is 4.40. The Morgan fingerprint density at radius 2 is 1.12 bits per heavy atom. The van der Waals surface area contributed by atoms with Crippen LogP contribution in [0.4, 0.5) is 0 Å². The molecule has 9 aliphatic carbocycles. The minimum absolute atomic E-state index is 0.464. The lowest BCUT2D eigenvalue weighted by molar-refractivity contribution is -0.384. The molecule has 6 bridgehead atoms. The van der Waals surface area contributed by atoms with E-state index < -0.39 is 8.07 Å². The van der Waals surface area contributed by atoms with Gasteiger partial charge in [0.05, 0.1) is 8.07 Å². The first kappa shape index (κ1) is 24.5. The summed E-state index contributed by atoms with van der Waals surface area (Å²) in [6.45, 7) is 33.3. The average molecular weight is 483 g/mol. The second-order valence-electron chi connectivity index (χ2n) is 18.3. The van der Waals surface area contributed by atoms with E-state index in [0.29, 0.717) is 42.9 Å². The first-order valence-electron chi connectivity index (χ1n) is 15.3. The van der Waals surface area contributed by atoms with Crippen molar-refractivity contribution >= 4 is 8.07 Å². The third kappa shape index (κ3) is 2.00. The molecule has 9 atom stereocenters. The van der Waals surface area contributed by atoms with Crippen molar-refractivity contribution in [3.8, 4) is 0 Å². The zero-order valence-corrected chi connectivity index (χ0v) is 26.2. The Labute approximate surface area is 214 Å². The molecule has 0 aromatic carbocycles. The van der Waals surface area contributed by atoms with E-state index in [9.17, 15) is 0 Å². The van der Waals surface area contributed by atoms with Crippen LogP contribution < -0.4 is 0 Å². The molecule has 0 N–H and O–H groups in total. The fourth-order valence-corrected chi connectivity index (χ4v) is 20.2. The van der Waals surface area contributed by atoms with Crippen molar-refractivity contribution < 1.29 is 0 Å². The molecule has 34 heavy (non-hydrogen) atoms. The normalized spacial score (nSPS) is 58.2. The van der Waals surface area contributed by atoms with Gasteiger partial charge in [0.25, 0.3) is 0 Å². The molecule has 0 nitrogen and oxygen atoms in total. The Morgan fingerprint density at radius 1 is 0.588 bits per heavy atom. The zero-order valence-electron chi connectivity index (χ0n) is 25.2. The summed E-state index contributed by atoms with van der Waals surface area (Å²) in [5.74, 6) is 3.88. The predicted octanol–water partition coefficient (Wildman–Crippen LogP) is 10.2. The van der Waals surface area contributed by atoms with Crippen LogP contribution in [0, 0.1) is 61.6 Å². The summed E-state index contributed by atoms with van der Waals surface area (Å²) < 4.78 is 0. The van der Waals surface area contributed by atoms with Crippen LogP contribution in [0.3, 0.4) is 0 Å². The minimum Gasteiger partial charge on any atom is -0.0691 e. The third-order valence-corrected chi connectivity index (χ3v) is 20.9. The Hall–Kier alpha value is 0.217. The van der Waals surface area contributed by atoms with E-state index in [0.717, 1.165) is 23.7 Å². The van der Waals surface area contributed by atoms with Gasteiger partial charge in [0.1, 0.15) is 0 Å². The van der Waals surface area contributed by atoms with E-state index in [1.807, 2.05) is 0 Å². The molecule has 9 fully saturated rings. The average Bonchev–Trinajstić information content (AvgIpc) is 2.71. The summed E-state index contributed by atoms with van der Waals surface area (Å²) in [6.07, 6.45) is 13.7. The summed E-state index contributed by atoms with van der Waals surface area (Å²) in [6, 6.07) is 0. The smallest absolute Gasteiger partial charge is 0.0519 e. The maximum atomic E-state index is 2.92. The minimum atomic E-state index is -1.43. The lowest BCUT2D eigenvalue weighted by atomic mass is 9.17. The molecule has 1 heteroatoms. The fraction of sp³-hybridized carbons (Fsp3) is 1.00. The number of hydrogen-bond acceptors (Lipinski definition) is 0. The highest BCUT2D eigenvalue weighted by Crippen LogP contribution is 2.95. The number of fused-ring (bicyclic) bond motifs is 7. The topological polar surface area (TPSA) is 0 Å². The van der Waals surface area contributed by atoms with Crippen molar-refractivity contribution in [2.45, 2.75) is 145 Å². The highest BCUT2D eigenvalue weighted by atomic mass is 28.3. The summed E-state index contributed by atoms with van der Waals surface area (Å²) in [7, 11) is -1.43.